The molecule has 2 aromatic rings. The first-order valence-corrected chi connectivity index (χ1v) is 6.66. The van der Waals surface area contributed by atoms with Gasteiger partial charge in [-0.25, -0.2) is 0 Å². The molecule has 23 heavy (non-hydrogen) atoms. The lowest BCUT2D eigenvalue weighted by atomic mass is 10.2. The summed E-state index contributed by atoms with van der Waals surface area (Å²) < 4.78 is 37.9. The smallest absolute Gasteiger partial charge is 0.311 e. The number of pyridine rings is 2. The molecule has 8 heteroatoms. The van der Waals surface area contributed by atoms with Crippen LogP contribution < -0.4 is 10.5 Å². The molecule has 122 valence electrons. The Morgan fingerprint density at radius 3 is 2.65 bits per heavy atom. The van der Waals surface area contributed by atoms with Crippen molar-refractivity contribution in [3.63, 3.8) is 0 Å². The van der Waals surface area contributed by atoms with Crippen LogP contribution in [0, 0.1) is 6.92 Å². The summed E-state index contributed by atoms with van der Waals surface area (Å²) in [6, 6.07) is 5.66. The second kappa shape index (κ2) is 6.23. The van der Waals surface area contributed by atoms with Gasteiger partial charge in [-0.3, -0.25) is 14.6 Å². The molecule has 0 N–H and O–H groups in total. The maximum Gasteiger partial charge on any atom is 0.406 e. The third-order valence-corrected chi connectivity index (χ3v) is 3.17. The minimum absolute atomic E-state index is 0.325. The second-order valence-corrected chi connectivity index (χ2v) is 4.99. The summed E-state index contributed by atoms with van der Waals surface area (Å²) in [6.45, 7) is 0.297. The van der Waals surface area contributed by atoms with Crippen molar-refractivity contribution in [2.75, 3.05) is 11.9 Å². The van der Waals surface area contributed by atoms with Crippen LogP contribution in [0.15, 0.2) is 41.5 Å². The number of rotatable bonds is 3. The molecule has 0 saturated heterocycles. The summed E-state index contributed by atoms with van der Waals surface area (Å²) in [5, 5.41) is 0. The third-order valence-electron chi connectivity index (χ3n) is 3.17. The number of halogens is 3. The van der Waals surface area contributed by atoms with Crippen molar-refractivity contribution in [1.29, 1.82) is 0 Å². The molecule has 2 aromatic heterocycles. The molecule has 1 amide bonds. The Morgan fingerprint density at radius 1 is 1.35 bits per heavy atom. The molecule has 2 rings (SSSR count). The molecule has 0 fully saturated rings. The van der Waals surface area contributed by atoms with Gasteiger partial charge in [0.05, 0.1) is 0 Å². The predicted molar refractivity (Wildman–Crippen MR) is 78.5 cm³/mol. The van der Waals surface area contributed by atoms with Crippen molar-refractivity contribution in [2.45, 2.75) is 19.6 Å². The topological polar surface area (TPSA) is 55.2 Å². The molecule has 0 aromatic carbocycles. The number of aryl methyl sites for hydroxylation is 1. The average Bonchev–Trinajstić information content (AvgIpc) is 2.46. The highest BCUT2D eigenvalue weighted by atomic mass is 19.4. The van der Waals surface area contributed by atoms with Gasteiger partial charge in [0.1, 0.15) is 12.1 Å². The monoisotopic (exact) mass is 325 g/mol. The zero-order valence-corrected chi connectivity index (χ0v) is 12.5. The molecule has 0 aliphatic heterocycles. The lowest BCUT2D eigenvalue weighted by Crippen LogP contribution is -2.36. The Hall–Kier alpha value is -2.64. The summed E-state index contributed by atoms with van der Waals surface area (Å²) in [5.41, 5.74) is -0.140. The number of aromatic nitrogens is 2. The van der Waals surface area contributed by atoms with Crippen LogP contribution in [-0.4, -0.2) is 28.7 Å². The fraction of sp³-hybridized carbons (Fsp3) is 0.267. The van der Waals surface area contributed by atoms with E-state index in [9.17, 15) is 22.8 Å². The van der Waals surface area contributed by atoms with Gasteiger partial charge < -0.3 is 9.47 Å². The van der Waals surface area contributed by atoms with Gasteiger partial charge in [-0.15, -0.1) is 0 Å². The predicted octanol–water partition coefficient (Wildman–Crippen LogP) is 2.39. The quantitative estimate of drug-likeness (QED) is 0.871. The van der Waals surface area contributed by atoms with E-state index in [-0.39, 0.29) is 5.56 Å². The minimum Gasteiger partial charge on any atom is -0.311 e. The zero-order chi connectivity index (χ0) is 17.2. The van der Waals surface area contributed by atoms with Gasteiger partial charge in [-0.05, 0) is 31.2 Å². The van der Waals surface area contributed by atoms with Gasteiger partial charge in [0.2, 0.25) is 0 Å². The molecule has 0 spiro atoms. The molecular formula is C15H14F3N3O2. The SMILES string of the molecule is Cc1cc(N(C)C(=O)c2cccn(CC(F)(F)F)c2=O)ccn1. The number of carbonyl (C=O) groups excluding carboxylic acids is 1. The van der Waals surface area contributed by atoms with Crippen LogP contribution in [-0.2, 0) is 6.54 Å². The Labute approximate surface area is 130 Å². The Morgan fingerprint density at radius 2 is 2.04 bits per heavy atom. The Bertz CT molecular complexity index is 784. The van der Waals surface area contributed by atoms with Gasteiger partial charge in [-0.2, -0.15) is 13.2 Å². The number of carbonyl (C=O) groups is 1. The maximum atomic E-state index is 12.5. The molecular weight excluding hydrogens is 311 g/mol. The molecule has 0 saturated carbocycles. The number of nitrogens with zero attached hydrogens (tertiary/aromatic N) is 3. The van der Waals surface area contributed by atoms with Crippen LogP contribution in [0.2, 0.25) is 0 Å². The Balaban J connectivity index is 2.36. The zero-order valence-electron chi connectivity index (χ0n) is 12.5. The number of amides is 1. The fourth-order valence-electron chi connectivity index (χ4n) is 2.05. The van der Waals surface area contributed by atoms with Crippen LogP contribution in [0.4, 0.5) is 18.9 Å². The fourth-order valence-corrected chi connectivity index (χ4v) is 2.05. The van der Waals surface area contributed by atoms with E-state index in [0.29, 0.717) is 15.9 Å². The highest BCUT2D eigenvalue weighted by Gasteiger charge is 2.29. The molecule has 5 nitrogen and oxygen atoms in total. The van der Waals surface area contributed by atoms with Crippen molar-refractivity contribution < 1.29 is 18.0 Å². The summed E-state index contributed by atoms with van der Waals surface area (Å²) in [7, 11) is 1.44. The summed E-state index contributed by atoms with van der Waals surface area (Å²) in [5.74, 6) is -0.683. The van der Waals surface area contributed by atoms with Gasteiger partial charge >= 0.3 is 6.18 Å². The van der Waals surface area contributed by atoms with Crippen molar-refractivity contribution in [1.82, 2.24) is 9.55 Å². The third kappa shape index (κ3) is 3.97. The first-order valence-electron chi connectivity index (χ1n) is 6.66. The highest BCUT2D eigenvalue weighted by Crippen LogP contribution is 2.17. The lowest BCUT2D eigenvalue weighted by molar-refractivity contribution is -0.141. The number of hydrogen-bond acceptors (Lipinski definition) is 3. The standard InChI is InChI=1S/C15H14F3N3O2/c1-10-8-11(5-6-19-10)20(2)13(22)12-4-3-7-21(14(12)23)9-15(16,17)18/h3-8H,9H2,1-2H3. The van der Waals surface area contributed by atoms with E-state index in [1.165, 1.54) is 30.3 Å². The Kier molecular flexibility index (Phi) is 4.53. The molecule has 2 heterocycles. The highest BCUT2D eigenvalue weighted by molar-refractivity contribution is 6.05. The van der Waals surface area contributed by atoms with Crippen LogP contribution >= 0.6 is 0 Å². The number of hydrogen-bond donors (Lipinski definition) is 0. The van der Waals surface area contributed by atoms with E-state index < -0.39 is 24.2 Å². The average molecular weight is 325 g/mol. The molecule has 0 aliphatic carbocycles. The first kappa shape index (κ1) is 16.7. The first-order chi connectivity index (χ1) is 10.7. The van der Waals surface area contributed by atoms with E-state index in [2.05, 4.69) is 4.98 Å². The molecule has 0 unspecified atom stereocenters. The molecule has 0 aliphatic rings. The maximum absolute atomic E-state index is 12.5. The van der Waals surface area contributed by atoms with Crippen LogP contribution in [0.1, 0.15) is 16.1 Å². The molecule has 0 bridgehead atoms. The van der Waals surface area contributed by atoms with Gasteiger partial charge in [0, 0.05) is 30.8 Å². The van der Waals surface area contributed by atoms with Gasteiger partial charge in [0.25, 0.3) is 11.5 Å². The van der Waals surface area contributed by atoms with Gasteiger partial charge in [-0.1, -0.05) is 0 Å². The number of anilines is 1. The summed E-state index contributed by atoms with van der Waals surface area (Å²) >= 11 is 0. The molecule has 0 radical (unpaired) electrons. The van der Waals surface area contributed by atoms with Crippen LogP contribution in [0.25, 0.3) is 0 Å². The lowest BCUT2D eigenvalue weighted by Gasteiger charge is -2.18. The van der Waals surface area contributed by atoms with Crippen LogP contribution in [0.5, 0.6) is 0 Å². The summed E-state index contributed by atoms with van der Waals surface area (Å²) in [4.78, 5) is 29.7. The van der Waals surface area contributed by atoms with E-state index in [4.69, 9.17) is 0 Å². The van der Waals surface area contributed by atoms with E-state index in [0.717, 1.165) is 6.20 Å². The van der Waals surface area contributed by atoms with Crippen molar-refractivity contribution in [2.24, 2.45) is 0 Å². The van der Waals surface area contributed by atoms with E-state index in [1.54, 1.807) is 19.1 Å². The van der Waals surface area contributed by atoms with Crippen LogP contribution in [0.3, 0.4) is 0 Å². The number of alkyl halides is 3. The summed E-state index contributed by atoms with van der Waals surface area (Å²) in [6.07, 6.45) is -2.04. The second-order valence-electron chi connectivity index (χ2n) is 4.99. The van der Waals surface area contributed by atoms with Gasteiger partial charge in [0.15, 0.2) is 0 Å². The van der Waals surface area contributed by atoms with Crippen molar-refractivity contribution in [3.8, 4) is 0 Å². The van der Waals surface area contributed by atoms with E-state index >= 15 is 0 Å². The van der Waals surface area contributed by atoms with Crippen molar-refractivity contribution >= 4 is 11.6 Å². The van der Waals surface area contributed by atoms with Crippen molar-refractivity contribution in [3.05, 3.63) is 58.3 Å². The van der Waals surface area contributed by atoms with E-state index in [1.807, 2.05) is 0 Å². The molecule has 0 atom stereocenters. The minimum atomic E-state index is -4.54. The largest absolute Gasteiger partial charge is 0.406 e. The normalized spacial score (nSPS) is 11.3.